The number of aliphatic imine (C=N–C) groups is 1. The Morgan fingerprint density at radius 3 is 2.90 bits per heavy atom. The van der Waals surface area contributed by atoms with Crippen molar-refractivity contribution < 1.29 is 9.59 Å². The number of aromatic nitrogens is 2. The minimum Gasteiger partial charge on any atom is -0.333 e. The number of amidine groups is 1. The number of amides is 2. The number of nitrogens with one attached hydrogen (secondary N) is 2. The van der Waals surface area contributed by atoms with E-state index in [1.54, 1.807) is 30.5 Å². The normalized spacial score (nSPS) is 15.1. The lowest BCUT2D eigenvalue weighted by Crippen LogP contribution is -2.17. The van der Waals surface area contributed by atoms with Gasteiger partial charge in [-0.15, -0.1) is 0 Å². The summed E-state index contributed by atoms with van der Waals surface area (Å²) in [7, 11) is 0. The maximum atomic E-state index is 12.3. The van der Waals surface area contributed by atoms with Gasteiger partial charge in [-0.25, -0.2) is 4.98 Å². The van der Waals surface area contributed by atoms with Crippen LogP contribution in [0.15, 0.2) is 58.8 Å². The lowest BCUT2D eigenvalue weighted by molar-refractivity contribution is -0.119. The number of imidazole rings is 1. The first-order valence-electron chi connectivity index (χ1n) is 9.22. The molecule has 0 atom stereocenters. The second-order valence-corrected chi connectivity index (χ2v) is 8.39. The average Bonchev–Trinajstić information content (AvgIpc) is 3.30. The van der Waals surface area contributed by atoms with Crippen molar-refractivity contribution in [3.8, 4) is 0 Å². The Hall–Kier alpha value is -3.10. The van der Waals surface area contributed by atoms with Gasteiger partial charge in [0.05, 0.1) is 15.6 Å². The molecule has 1 aromatic carbocycles. The quantitative estimate of drug-likeness (QED) is 0.577. The second-order valence-electron chi connectivity index (χ2n) is 6.95. The lowest BCUT2D eigenvalue weighted by Gasteiger charge is -2.11. The van der Waals surface area contributed by atoms with Gasteiger partial charge in [0.15, 0.2) is 5.17 Å². The molecule has 1 aliphatic rings. The van der Waals surface area contributed by atoms with Gasteiger partial charge >= 0.3 is 0 Å². The zero-order valence-electron chi connectivity index (χ0n) is 16.2. The molecule has 30 heavy (non-hydrogen) atoms. The number of benzene rings is 1. The van der Waals surface area contributed by atoms with Crippen LogP contribution in [0.3, 0.4) is 0 Å². The average molecular weight is 440 g/mol. The Morgan fingerprint density at radius 2 is 2.10 bits per heavy atom. The van der Waals surface area contributed by atoms with E-state index in [4.69, 9.17) is 11.6 Å². The molecule has 2 N–H and O–H groups in total. The van der Waals surface area contributed by atoms with Crippen molar-refractivity contribution in [2.45, 2.75) is 13.8 Å². The number of hydrogen-bond acceptors (Lipinski definition) is 5. The summed E-state index contributed by atoms with van der Waals surface area (Å²) in [5, 5.41) is 6.78. The predicted octanol–water partition coefficient (Wildman–Crippen LogP) is 4.66. The van der Waals surface area contributed by atoms with Gasteiger partial charge in [0.1, 0.15) is 5.65 Å². The predicted molar refractivity (Wildman–Crippen MR) is 122 cm³/mol. The number of carbonyl (C=O) groups excluding carboxylic acids is 2. The van der Waals surface area contributed by atoms with Gasteiger partial charge in [-0.05, 0) is 53.7 Å². The molecule has 0 fully saturated rings. The Balaban J connectivity index is 1.50. The number of rotatable bonds is 4. The monoisotopic (exact) mass is 439 g/mol. The number of halogens is 1. The number of pyridine rings is 1. The van der Waals surface area contributed by atoms with Crippen molar-refractivity contribution in [2.75, 3.05) is 10.6 Å². The van der Waals surface area contributed by atoms with E-state index in [2.05, 4.69) is 20.6 Å². The molecule has 2 amide bonds. The molecule has 0 aliphatic carbocycles. The van der Waals surface area contributed by atoms with Crippen molar-refractivity contribution in [1.82, 2.24) is 9.38 Å². The largest absolute Gasteiger partial charge is 0.333 e. The Morgan fingerprint density at radius 1 is 1.27 bits per heavy atom. The molecule has 0 unspecified atom stereocenters. The summed E-state index contributed by atoms with van der Waals surface area (Å²) in [6.07, 6.45) is 7.24. The fourth-order valence-electron chi connectivity index (χ4n) is 2.74. The highest BCUT2D eigenvalue weighted by Crippen LogP contribution is 2.32. The van der Waals surface area contributed by atoms with Gasteiger partial charge in [0.25, 0.3) is 5.91 Å². The molecule has 7 nitrogen and oxygen atoms in total. The molecule has 0 bridgehead atoms. The fraction of sp³-hybridized carbons (Fsp3) is 0.143. The molecule has 4 rings (SSSR count). The van der Waals surface area contributed by atoms with Crippen LogP contribution in [-0.2, 0) is 9.59 Å². The van der Waals surface area contributed by atoms with Crippen LogP contribution in [0.2, 0.25) is 5.02 Å². The van der Waals surface area contributed by atoms with Crippen molar-refractivity contribution in [3.05, 3.63) is 64.4 Å². The van der Waals surface area contributed by atoms with Crippen LogP contribution in [0.25, 0.3) is 11.7 Å². The molecule has 3 heterocycles. The summed E-state index contributed by atoms with van der Waals surface area (Å²) in [6, 6.07) is 8.89. The van der Waals surface area contributed by atoms with Gasteiger partial charge < -0.3 is 15.0 Å². The van der Waals surface area contributed by atoms with E-state index in [-0.39, 0.29) is 17.7 Å². The second kappa shape index (κ2) is 8.33. The van der Waals surface area contributed by atoms with E-state index in [1.165, 1.54) is 11.8 Å². The first kappa shape index (κ1) is 20.2. The fourth-order valence-corrected chi connectivity index (χ4v) is 3.73. The van der Waals surface area contributed by atoms with Crippen molar-refractivity contribution in [3.63, 3.8) is 0 Å². The van der Waals surface area contributed by atoms with Crippen LogP contribution in [-0.4, -0.2) is 26.4 Å². The number of thioether (sulfide) groups is 1. The highest BCUT2D eigenvalue weighted by atomic mass is 35.5. The smallest absolute Gasteiger partial charge is 0.286 e. The van der Waals surface area contributed by atoms with Gasteiger partial charge in [0, 0.05) is 30.2 Å². The molecule has 9 heteroatoms. The highest BCUT2D eigenvalue weighted by Gasteiger charge is 2.23. The molecule has 0 radical (unpaired) electrons. The third kappa shape index (κ3) is 4.39. The summed E-state index contributed by atoms with van der Waals surface area (Å²) in [6.45, 7) is 3.64. The topological polar surface area (TPSA) is 87.9 Å². The Bertz CT molecular complexity index is 1220. The first-order chi connectivity index (χ1) is 14.4. The molecule has 1 aliphatic heterocycles. The van der Waals surface area contributed by atoms with E-state index in [1.807, 2.05) is 42.8 Å². The molecule has 0 saturated carbocycles. The summed E-state index contributed by atoms with van der Waals surface area (Å²) in [5.41, 5.74) is 2.86. The summed E-state index contributed by atoms with van der Waals surface area (Å²) in [4.78, 5) is 33.0. The maximum Gasteiger partial charge on any atom is 0.286 e. The highest BCUT2D eigenvalue weighted by molar-refractivity contribution is 8.18. The summed E-state index contributed by atoms with van der Waals surface area (Å²) >= 11 is 7.50. The minimum absolute atomic E-state index is 0.0916. The van der Waals surface area contributed by atoms with Gasteiger partial charge in [-0.2, -0.15) is 4.99 Å². The van der Waals surface area contributed by atoms with Crippen LogP contribution in [0.1, 0.15) is 19.4 Å². The molecule has 0 saturated heterocycles. The van der Waals surface area contributed by atoms with Crippen LogP contribution in [0.5, 0.6) is 0 Å². The SMILES string of the molecule is CC(C)C(=O)Nc1ccc(Cl)c(NC2=NC(=O)C(=Cc3ccc4nccn4c3)S2)c1. The summed E-state index contributed by atoms with van der Waals surface area (Å²) < 4.78 is 1.88. The molecular weight excluding hydrogens is 422 g/mol. The van der Waals surface area contributed by atoms with Crippen molar-refractivity contribution in [2.24, 2.45) is 10.9 Å². The van der Waals surface area contributed by atoms with Gasteiger partial charge in [-0.1, -0.05) is 25.4 Å². The van der Waals surface area contributed by atoms with E-state index < -0.39 is 0 Å². The zero-order chi connectivity index (χ0) is 21.3. The van der Waals surface area contributed by atoms with E-state index in [0.29, 0.717) is 26.5 Å². The molecule has 152 valence electrons. The van der Waals surface area contributed by atoms with E-state index in [9.17, 15) is 9.59 Å². The van der Waals surface area contributed by atoms with E-state index >= 15 is 0 Å². The van der Waals surface area contributed by atoms with Crippen LogP contribution in [0, 0.1) is 5.92 Å². The molecule has 2 aromatic heterocycles. The third-order valence-electron chi connectivity index (χ3n) is 4.33. The van der Waals surface area contributed by atoms with Crippen molar-refractivity contribution in [1.29, 1.82) is 0 Å². The number of nitrogens with zero attached hydrogens (tertiary/aromatic N) is 3. The van der Waals surface area contributed by atoms with Gasteiger partial charge in [-0.3, -0.25) is 9.59 Å². The van der Waals surface area contributed by atoms with Crippen LogP contribution < -0.4 is 10.6 Å². The third-order valence-corrected chi connectivity index (χ3v) is 5.56. The van der Waals surface area contributed by atoms with Crippen LogP contribution in [0.4, 0.5) is 11.4 Å². The lowest BCUT2D eigenvalue weighted by atomic mass is 10.2. The number of hydrogen-bond donors (Lipinski definition) is 2. The molecule has 0 spiro atoms. The van der Waals surface area contributed by atoms with Crippen molar-refractivity contribution >= 4 is 63.4 Å². The minimum atomic E-state index is -0.325. The number of carbonyl (C=O) groups is 2. The summed E-state index contributed by atoms with van der Waals surface area (Å²) in [5.74, 6) is -0.557. The molecule has 3 aromatic rings. The number of anilines is 2. The van der Waals surface area contributed by atoms with Crippen LogP contribution >= 0.6 is 23.4 Å². The van der Waals surface area contributed by atoms with E-state index in [0.717, 1.165) is 11.2 Å². The maximum absolute atomic E-state index is 12.3. The standard InChI is InChI=1S/C21H18ClN5O2S/c1-12(2)19(28)24-14-4-5-15(22)16(10-14)25-21-26-20(29)17(30-21)9-13-3-6-18-23-7-8-27(18)11-13/h3-12H,1-2H3,(H,24,28)(H,25,26,29). The number of fused-ring (bicyclic) bond motifs is 1. The first-order valence-corrected chi connectivity index (χ1v) is 10.4. The zero-order valence-corrected chi connectivity index (χ0v) is 17.8. The Labute approximate surface area is 182 Å². The van der Waals surface area contributed by atoms with Gasteiger partial charge in [0.2, 0.25) is 5.91 Å². The molecular formula is C21H18ClN5O2S. The Kier molecular flexibility index (Phi) is 5.61.